The van der Waals surface area contributed by atoms with Gasteiger partial charge in [-0.2, -0.15) is 0 Å². The summed E-state index contributed by atoms with van der Waals surface area (Å²) in [5.41, 5.74) is 0. The van der Waals surface area contributed by atoms with E-state index in [2.05, 4.69) is 25.7 Å². The highest BCUT2D eigenvalue weighted by molar-refractivity contribution is 4.76. The molecule has 1 saturated heterocycles. The molecule has 0 spiro atoms. The molecule has 0 N–H and O–H groups in total. The summed E-state index contributed by atoms with van der Waals surface area (Å²) in [5, 5.41) is 0. The van der Waals surface area contributed by atoms with Gasteiger partial charge >= 0.3 is 0 Å². The summed E-state index contributed by atoms with van der Waals surface area (Å²) in [6.07, 6.45) is 1.21. The molecule has 0 bridgehead atoms. The van der Waals surface area contributed by atoms with E-state index >= 15 is 0 Å². The highest BCUT2D eigenvalue weighted by Gasteiger charge is 2.22. The summed E-state index contributed by atoms with van der Waals surface area (Å²) in [6, 6.07) is 1.33. The molecule has 80 valence electrons. The molecule has 1 fully saturated rings. The molecule has 1 aliphatic heterocycles. The number of hydrogen-bond donors (Lipinski definition) is 0. The van der Waals surface area contributed by atoms with Crippen molar-refractivity contribution in [1.29, 1.82) is 0 Å². The molecule has 0 aliphatic carbocycles. The van der Waals surface area contributed by atoms with Crippen molar-refractivity contribution in [3.8, 4) is 0 Å². The van der Waals surface area contributed by atoms with Crippen LogP contribution in [0.3, 0.4) is 0 Å². The molecule has 1 unspecified atom stereocenters. The van der Waals surface area contributed by atoms with Crippen LogP contribution in [0.5, 0.6) is 0 Å². The van der Waals surface area contributed by atoms with Gasteiger partial charge in [0.05, 0.1) is 13.2 Å². The Hall–Kier alpha value is -0.0800. The molecule has 0 aromatic heterocycles. The fourth-order valence-corrected chi connectivity index (χ4v) is 1.70. The lowest BCUT2D eigenvalue weighted by molar-refractivity contribution is -0.0231. The summed E-state index contributed by atoms with van der Waals surface area (Å²) in [4.78, 5) is 2.53. The van der Waals surface area contributed by atoms with Crippen LogP contribution >= 0.6 is 0 Å². The van der Waals surface area contributed by atoms with E-state index in [-0.39, 0.29) is 0 Å². The minimum atomic E-state index is 0.656. The molecule has 2 nitrogen and oxygen atoms in total. The van der Waals surface area contributed by atoms with Crippen LogP contribution in [-0.4, -0.2) is 36.7 Å². The van der Waals surface area contributed by atoms with Crippen molar-refractivity contribution in [3.05, 3.63) is 0 Å². The lowest BCUT2D eigenvalue weighted by Crippen LogP contribution is -2.48. The Kier molecular flexibility index (Phi) is 7.29. The van der Waals surface area contributed by atoms with Crippen LogP contribution in [0.2, 0.25) is 0 Å². The van der Waals surface area contributed by atoms with E-state index in [1.165, 1.54) is 6.42 Å². The number of ether oxygens (including phenoxy) is 1. The van der Waals surface area contributed by atoms with E-state index in [0.717, 1.165) is 19.8 Å². The number of nitrogens with zero attached hydrogens (tertiary/aromatic N) is 1. The fourth-order valence-electron chi connectivity index (χ4n) is 1.70. The van der Waals surface area contributed by atoms with Crippen LogP contribution in [0.1, 0.15) is 41.0 Å². The minimum absolute atomic E-state index is 0.656. The summed E-state index contributed by atoms with van der Waals surface area (Å²) in [5.74, 6) is 0. The van der Waals surface area contributed by atoms with E-state index in [1.807, 2.05) is 13.8 Å². The van der Waals surface area contributed by atoms with Crippen LogP contribution in [0.25, 0.3) is 0 Å². The summed E-state index contributed by atoms with van der Waals surface area (Å²) in [6.45, 7) is 13.7. The van der Waals surface area contributed by atoms with Gasteiger partial charge in [-0.05, 0) is 20.3 Å². The van der Waals surface area contributed by atoms with E-state index < -0.39 is 0 Å². The first-order valence-electron chi connectivity index (χ1n) is 5.59. The predicted molar refractivity (Wildman–Crippen MR) is 58.1 cm³/mol. The van der Waals surface area contributed by atoms with Gasteiger partial charge in [0.15, 0.2) is 0 Å². The Balaban J connectivity index is 0.000000671. The van der Waals surface area contributed by atoms with Gasteiger partial charge in [0.25, 0.3) is 0 Å². The highest BCUT2D eigenvalue weighted by atomic mass is 16.5. The van der Waals surface area contributed by atoms with Crippen molar-refractivity contribution < 1.29 is 4.74 Å². The van der Waals surface area contributed by atoms with Crippen LogP contribution in [0.4, 0.5) is 0 Å². The Morgan fingerprint density at radius 3 is 2.38 bits per heavy atom. The molecule has 1 rings (SSSR count). The lowest BCUT2D eigenvalue weighted by Gasteiger charge is -2.37. The smallest absolute Gasteiger partial charge is 0.0622 e. The first kappa shape index (κ1) is 12.9. The third kappa shape index (κ3) is 4.10. The molecule has 0 aromatic carbocycles. The van der Waals surface area contributed by atoms with Crippen molar-refractivity contribution in [2.75, 3.05) is 19.8 Å². The molecule has 0 amide bonds. The second-order valence-corrected chi connectivity index (χ2v) is 3.47. The van der Waals surface area contributed by atoms with E-state index in [4.69, 9.17) is 4.74 Å². The Bertz CT molecular complexity index is 115. The van der Waals surface area contributed by atoms with Crippen molar-refractivity contribution in [3.63, 3.8) is 0 Å². The Morgan fingerprint density at radius 2 is 2.00 bits per heavy atom. The van der Waals surface area contributed by atoms with Gasteiger partial charge in [-0.25, -0.2) is 0 Å². The van der Waals surface area contributed by atoms with Crippen LogP contribution < -0.4 is 0 Å². The third-order valence-corrected chi connectivity index (χ3v) is 2.41. The maximum Gasteiger partial charge on any atom is 0.0622 e. The standard InChI is InChI=1S/C9H19NO.C2H6/c1-4-9-7-11-6-5-10(9)8(2)3;1-2/h8-9H,4-7H2,1-3H3;1-2H3. The summed E-state index contributed by atoms with van der Waals surface area (Å²) >= 11 is 0. The van der Waals surface area contributed by atoms with E-state index in [0.29, 0.717) is 12.1 Å². The second kappa shape index (κ2) is 7.34. The first-order valence-corrected chi connectivity index (χ1v) is 5.59. The van der Waals surface area contributed by atoms with Gasteiger partial charge in [0.1, 0.15) is 0 Å². The van der Waals surface area contributed by atoms with Gasteiger partial charge < -0.3 is 4.74 Å². The normalized spacial score (nSPS) is 24.0. The highest BCUT2D eigenvalue weighted by Crippen LogP contribution is 2.12. The number of morpholine rings is 1. The molecule has 1 atom stereocenters. The second-order valence-electron chi connectivity index (χ2n) is 3.47. The zero-order chi connectivity index (χ0) is 10.3. The van der Waals surface area contributed by atoms with Gasteiger partial charge in [0, 0.05) is 18.6 Å². The largest absolute Gasteiger partial charge is 0.378 e. The van der Waals surface area contributed by atoms with Crippen molar-refractivity contribution >= 4 is 0 Å². The lowest BCUT2D eigenvalue weighted by atomic mass is 10.1. The van der Waals surface area contributed by atoms with Gasteiger partial charge in [-0.15, -0.1) is 0 Å². The topological polar surface area (TPSA) is 12.5 Å². The Labute approximate surface area is 83.3 Å². The van der Waals surface area contributed by atoms with E-state index in [9.17, 15) is 0 Å². The number of hydrogen-bond acceptors (Lipinski definition) is 2. The monoisotopic (exact) mass is 187 g/mol. The van der Waals surface area contributed by atoms with Gasteiger partial charge in [-0.1, -0.05) is 20.8 Å². The SMILES string of the molecule is CC.CCC1COCCN1C(C)C. The third-order valence-electron chi connectivity index (χ3n) is 2.41. The van der Waals surface area contributed by atoms with Gasteiger partial charge in [0.2, 0.25) is 0 Å². The molecule has 2 heteroatoms. The van der Waals surface area contributed by atoms with Crippen LogP contribution in [0.15, 0.2) is 0 Å². The van der Waals surface area contributed by atoms with Crippen LogP contribution in [0, 0.1) is 0 Å². The zero-order valence-electron chi connectivity index (χ0n) is 9.84. The molecule has 0 radical (unpaired) electrons. The summed E-state index contributed by atoms with van der Waals surface area (Å²) in [7, 11) is 0. The molecule has 1 heterocycles. The van der Waals surface area contributed by atoms with Crippen molar-refractivity contribution in [1.82, 2.24) is 4.90 Å². The average Bonchev–Trinajstić information content (AvgIpc) is 2.20. The predicted octanol–water partition coefficient (Wildman–Crippen LogP) is 2.53. The molecular formula is C11H25NO. The van der Waals surface area contributed by atoms with E-state index in [1.54, 1.807) is 0 Å². The quantitative estimate of drug-likeness (QED) is 0.658. The summed E-state index contributed by atoms with van der Waals surface area (Å²) < 4.78 is 5.41. The maximum atomic E-state index is 5.41. The minimum Gasteiger partial charge on any atom is -0.378 e. The molecule has 0 saturated carbocycles. The van der Waals surface area contributed by atoms with Crippen molar-refractivity contribution in [2.45, 2.75) is 53.1 Å². The first-order chi connectivity index (χ1) is 6.25. The fraction of sp³-hybridized carbons (Fsp3) is 1.00. The van der Waals surface area contributed by atoms with Crippen molar-refractivity contribution in [2.24, 2.45) is 0 Å². The average molecular weight is 187 g/mol. The molecule has 0 aromatic rings. The molecular weight excluding hydrogens is 162 g/mol. The van der Waals surface area contributed by atoms with Gasteiger partial charge in [-0.3, -0.25) is 4.90 Å². The molecule has 13 heavy (non-hydrogen) atoms. The zero-order valence-corrected chi connectivity index (χ0v) is 9.84. The number of rotatable bonds is 2. The maximum absolute atomic E-state index is 5.41. The Morgan fingerprint density at radius 1 is 1.38 bits per heavy atom. The van der Waals surface area contributed by atoms with Crippen LogP contribution in [-0.2, 0) is 4.74 Å². The molecule has 1 aliphatic rings.